The molecule has 3 heteroatoms. The van der Waals surface area contributed by atoms with Crippen LogP contribution in [0.25, 0.3) is 0 Å². The normalized spacial score (nSPS) is 13.3. The molecule has 2 rings (SSSR count). The first-order chi connectivity index (χ1) is 14.5. The van der Waals surface area contributed by atoms with Gasteiger partial charge in [-0.1, -0.05) is 103 Å². The highest BCUT2D eigenvalue weighted by atomic mass is 16.3. The molecule has 2 aromatic carbocycles. The molecule has 0 aliphatic carbocycles. The minimum atomic E-state index is -0.370. The van der Waals surface area contributed by atoms with Crippen molar-refractivity contribution in [2.24, 2.45) is 0 Å². The quantitative estimate of drug-likeness (QED) is 0.277. The second kappa shape index (κ2) is 12.5. The van der Waals surface area contributed by atoms with Gasteiger partial charge in [-0.15, -0.1) is 0 Å². The van der Waals surface area contributed by atoms with Gasteiger partial charge in [-0.2, -0.15) is 0 Å². The van der Waals surface area contributed by atoms with Crippen molar-refractivity contribution in [3.05, 3.63) is 53.6 Å². The third kappa shape index (κ3) is 7.27. The van der Waals surface area contributed by atoms with Crippen LogP contribution in [0.15, 0.2) is 42.5 Å². The van der Waals surface area contributed by atoms with E-state index in [0.29, 0.717) is 0 Å². The van der Waals surface area contributed by atoms with E-state index in [4.69, 9.17) is 0 Å². The van der Waals surface area contributed by atoms with Gasteiger partial charge in [0, 0.05) is 17.0 Å². The zero-order chi connectivity index (χ0) is 21.8. The predicted octanol–water partition coefficient (Wildman–Crippen LogP) is 7.81. The maximum absolute atomic E-state index is 10.5. The smallest absolute Gasteiger partial charge is 0.123 e. The molecule has 0 aliphatic rings. The van der Waals surface area contributed by atoms with Crippen LogP contribution in [0.4, 0.5) is 0 Å². The molecule has 0 bridgehead atoms. The summed E-state index contributed by atoms with van der Waals surface area (Å²) in [5.41, 5.74) is 1.51. The average molecular weight is 413 g/mol. The highest BCUT2D eigenvalue weighted by molar-refractivity contribution is 5.49. The van der Waals surface area contributed by atoms with Crippen LogP contribution in [0.2, 0.25) is 0 Å². The van der Waals surface area contributed by atoms with Crippen LogP contribution in [-0.2, 0) is 5.41 Å². The molecule has 166 valence electrons. The SMILES string of the molecule is CCCCCCCCCCCCCC(C)(c1ccc(O)cc1)c1ccc(O)cc1O. The first kappa shape index (κ1) is 24.1. The van der Waals surface area contributed by atoms with Gasteiger partial charge in [-0.3, -0.25) is 0 Å². The van der Waals surface area contributed by atoms with E-state index in [0.717, 1.165) is 24.0 Å². The summed E-state index contributed by atoms with van der Waals surface area (Å²) in [5, 5.41) is 29.9. The lowest BCUT2D eigenvalue weighted by atomic mass is 9.72. The zero-order valence-corrected chi connectivity index (χ0v) is 18.9. The van der Waals surface area contributed by atoms with Crippen molar-refractivity contribution < 1.29 is 15.3 Å². The molecule has 0 spiro atoms. The summed E-state index contributed by atoms with van der Waals surface area (Å²) in [6.07, 6.45) is 15.2. The average Bonchev–Trinajstić information content (AvgIpc) is 2.72. The molecular weight excluding hydrogens is 372 g/mol. The highest BCUT2D eigenvalue weighted by Crippen LogP contribution is 2.42. The second-order valence-corrected chi connectivity index (χ2v) is 8.87. The first-order valence-electron chi connectivity index (χ1n) is 11.8. The third-order valence-corrected chi connectivity index (χ3v) is 6.36. The number of phenols is 3. The van der Waals surface area contributed by atoms with Crippen molar-refractivity contribution in [1.82, 2.24) is 0 Å². The minimum Gasteiger partial charge on any atom is -0.508 e. The number of hydrogen-bond donors (Lipinski definition) is 3. The summed E-state index contributed by atoms with van der Waals surface area (Å²) in [7, 11) is 0. The molecule has 0 aromatic heterocycles. The molecule has 1 unspecified atom stereocenters. The number of hydrogen-bond acceptors (Lipinski definition) is 3. The summed E-state index contributed by atoms with van der Waals surface area (Å²) in [4.78, 5) is 0. The van der Waals surface area contributed by atoms with Crippen molar-refractivity contribution >= 4 is 0 Å². The van der Waals surface area contributed by atoms with Crippen LogP contribution in [0.5, 0.6) is 17.2 Å². The third-order valence-electron chi connectivity index (χ3n) is 6.36. The van der Waals surface area contributed by atoms with Gasteiger partial charge >= 0.3 is 0 Å². The summed E-state index contributed by atoms with van der Waals surface area (Å²) in [6, 6.07) is 12.1. The van der Waals surface area contributed by atoms with Crippen molar-refractivity contribution in [3.8, 4) is 17.2 Å². The Morgan fingerprint density at radius 1 is 0.633 bits per heavy atom. The molecule has 0 amide bonds. The second-order valence-electron chi connectivity index (χ2n) is 8.87. The van der Waals surface area contributed by atoms with Crippen LogP contribution in [0, 0.1) is 0 Å². The molecule has 3 nitrogen and oxygen atoms in total. The Morgan fingerprint density at radius 2 is 1.13 bits per heavy atom. The Morgan fingerprint density at radius 3 is 1.67 bits per heavy atom. The van der Waals surface area contributed by atoms with E-state index in [2.05, 4.69) is 13.8 Å². The fourth-order valence-corrected chi connectivity index (χ4v) is 4.39. The van der Waals surface area contributed by atoms with Crippen molar-refractivity contribution in [3.63, 3.8) is 0 Å². The fraction of sp³-hybridized carbons (Fsp3) is 0.556. The van der Waals surface area contributed by atoms with Gasteiger partial charge in [0.25, 0.3) is 0 Å². The molecule has 30 heavy (non-hydrogen) atoms. The lowest BCUT2D eigenvalue weighted by molar-refractivity contribution is 0.414. The monoisotopic (exact) mass is 412 g/mol. The van der Waals surface area contributed by atoms with E-state index in [1.54, 1.807) is 18.2 Å². The number of benzene rings is 2. The maximum Gasteiger partial charge on any atom is 0.123 e. The van der Waals surface area contributed by atoms with E-state index < -0.39 is 0 Å². The van der Waals surface area contributed by atoms with Crippen LogP contribution in [0.1, 0.15) is 102 Å². The van der Waals surface area contributed by atoms with Crippen molar-refractivity contribution in [2.45, 2.75) is 96.3 Å². The van der Waals surface area contributed by atoms with Gasteiger partial charge < -0.3 is 15.3 Å². The van der Waals surface area contributed by atoms with E-state index in [1.807, 2.05) is 18.2 Å². The van der Waals surface area contributed by atoms with Crippen LogP contribution < -0.4 is 0 Å². The molecule has 0 saturated heterocycles. The lowest BCUT2D eigenvalue weighted by Gasteiger charge is -2.32. The summed E-state index contributed by atoms with van der Waals surface area (Å²) >= 11 is 0. The van der Waals surface area contributed by atoms with E-state index >= 15 is 0 Å². The molecular formula is C27H40O3. The molecule has 0 aliphatic heterocycles. The summed E-state index contributed by atoms with van der Waals surface area (Å²) in [5.74, 6) is 0.429. The molecule has 0 fully saturated rings. The summed E-state index contributed by atoms with van der Waals surface area (Å²) in [6.45, 7) is 4.40. The molecule has 1 atom stereocenters. The number of phenolic OH excluding ortho intramolecular Hbond substituents is 3. The van der Waals surface area contributed by atoms with Gasteiger partial charge in [-0.05, 0) is 30.2 Å². The number of aromatic hydroxyl groups is 3. The Labute approximate surface area is 182 Å². The lowest BCUT2D eigenvalue weighted by Crippen LogP contribution is -2.23. The Hall–Kier alpha value is -2.16. The molecule has 0 saturated carbocycles. The first-order valence-corrected chi connectivity index (χ1v) is 11.8. The molecule has 0 heterocycles. The van der Waals surface area contributed by atoms with E-state index in [-0.39, 0.29) is 22.7 Å². The van der Waals surface area contributed by atoms with Crippen LogP contribution >= 0.6 is 0 Å². The molecule has 3 N–H and O–H groups in total. The standard InChI is InChI=1S/C27H40O3/c1-3-4-5-6-7-8-9-10-11-12-13-20-27(2,22-14-16-23(28)17-15-22)25-19-18-24(29)21-26(25)30/h14-19,21,28-30H,3-13,20H2,1-2H3. The topological polar surface area (TPSA) is 60.7 Å². The maximum atomic E-state index is 10.5. The Bertz CT molecular complexity index is 738. The number of rotatable bonds is 14. The van der Waals surface area contributed by atoms with Crippen LogP contribution in [0.3, 0.4) is 0 Å². The Kier molecular flexibility index (Phi) is 10.1. The van der Waals surface area contributed by atoms with Crippen molar-refractivity contribution in [1.29, 1.82) is 0 Å². The van der Waals surface area contributed by atoms with Crippen LogP contribution in [-0.4, -0.2) is 15.3 Å². The largest absolute Gasteiger partial charge is 0.508 e. The van der Waals surface area contributed by atoms with E-state index in [1.165, 1.54) is 70.3 Å². The molecule has 0 radical (unpaired) electrons. The van der Waals surface area contributed by atoms with Gasteiger partial charge in [0.05, 0.1) is 0 Å². The van der Waals surface area contributed by atoms with Gasteiger partial charge in [-0.25, -0.2) is 0 Å². The summed E-state index contributed by atoms with van der Waals surface area (Å²) < 4.78 is 0. The van der Waals surface area contributed by atoms with Gasteiger partial charge in [0.1, 0.15) is 17.2 Å². The fourth-order valence-electron chi connectivity index (χ4n) is 4.39. The van der Waals surface area contributed by atoms with E-state index in [9.17, 15) is 15.3 Å². The van der Waals surface area contributed by atoms with Gasteiger partial charge in [0.15, 0.2) is 0 Å². The Balaban J connectivity index is 1.88. The minimum absolute atomic E-state index is 0.0685. The van der Waals surface area contributed by atoms with Gasteiger partial charge in [0.2, 0.25) is 0 Å². The molecule has 2 aromatic rings. The predicted molar refractivity (Wildman–Crippen MR) is 125 cm³/mol. The van der Waals surface area contributed by atoms with Crippen molar-refractivity contribution in [2.75, 3.05) is 0 Å². The highest BCUT2D eigenvalue weighted by Gasteiger charge is 2.31. The number of unbranched alkanes of at least 4 members (excludes halogenated alkanes) is 10. The zero-order valence-electron chi connectivity index (χ0n) is 18.9.